The van der Waals surface area contributed by atoms with Gasteiger partial charge in [-0.1, -0.05) is 0 Å². The molecule has 1 atom stereocenters. The van der Waals surface area contributed by atoms with Gasteiger partial charge in [-0.3, -0.25) is 0 Å². The van der Waals surface area contributed by atoms with E-state index in [0.717, 1.165) is 12.0 Å². The quantitative estimate of drug-likeness (QED) is 0.850. The Hall–Kier alpha value is -0.650. The molecule has 5 heteroatoms. The third kappa shape index (κ3) is 2.61. The second-order valence-corrected chi connectivity index (χ2v) is 5.60. The van der Waals surface area contributed by atoms with Crippen molar-refractivity contribution in [1.29, 1.82) is 0 Å². The maximum atomic E-state index is 13.5. The highest BCUT2D eigenvalue weighted by molar-refractivity contribution is 9.10. The van der Waals surface area contributed by atoms with Crippen molar-refractivity contribution >= 4 is 15.9 Å². The largest absolute Gasteiger partial charge is 0.487 e. The summed E-state index contributed by atoms with van der Waals surface area (Å²) in [6.45, 7) is 4.00. The average molecular weight is 304 g/mol. The second kappa shape index (κ2) is 4.55. The molecule has 94 valence electrons. The number of nitrogens with one attached hydrogen (secondary N) is 1. The fourth-order valence-electron chi connectivity index (χ4n) is 2.09. The molecule has 0 bridgehead atoms. The van der Waals surface area contributed by atoms with Crippen LogP contribution in [0.2, 0.25) is 0 Å². The Balaban J connectivity index is 2.45. The van der Waals surface area contributed by atoms with Gasteiger partial charge in [-0.2, -0.15) is 5.48 Å². The Bertz CT molecular complexity index is 437. The van der Waals surface area contributed by atoms with Gasteiger partial charge in [-0.25, -0.2) is 4.39 Å². The van der Waals surface area contributed by atoms with Crippen molar-refractivity contribution in [1.82, 2.24) is 5.48 Å². The van der Waals surface area contributed by atoms with E-state index in [1.807, 2.05) is 13.8 Å². The first-order valence-electron chi connectivity index (χ1n) is 5.39. The van der Waals surface area contributed by atoms with E-state index < -0.39 is 0 Å². The Morgan fingerprint density at radius 3 is 2.88 bits per heavy atom. The first-order chi connectivity index (χ1) is 7.93. The van der Waals surface area contributed by atoms with Crippen LogP contribution in [0.3, 0.4) is 0 Å². The first-order valence-corrected chi connectivity index (χ1v) is 6.19. The molecule has 0 saturated heterocycles. The van der Waals surface area contributed by atoms with Crippen molar-refractivity contribution in [2.24, 2.45) is 0 Å². The predicted octanol–water partition coefficient (Wildman–Crippen LogP) is 3.34. The zero-order valence-electron chi connectivity index (χ0n) is 10.0. The highest BCUT2D eigenvalue weighted by atomic mass is 79.9. The number of rotatable bonds is 2. The molecule has 0 fully saturated rings. The van der Waals surface area contributed by atoms with Crippen LogP contribution in [0, 0.1) is 5.82 Å². The van der Waals surface area contributed by atoms with Crippen molar-refractivity contribution in [3.8, 4) is 5.75 Å². The van der Waals surface area contributed by atoms with Gasteiger partial charge in [0.15, 0.2) is 0 Å². The van der Waals surface area contributed by atoms with E-state index in [2.05, 4.69) is 21.4 Å². The van der Waals surface area contributed by atoms with E-state index in [0.29, 0.717) is 10.2 Å². The van der Waals surface area contributed by atoms with Gasteiger partial charge >= 0.3 is 0 Å². The fourth-order valence-corrected chi connectivity index (χ4v) is 2.42. The van der Waals surface area contributed by atoms with E-state index in [-0.39, 0.29) is 17.5 Å². The molecule has 1 unspecified atom stereocenters. The van der Waals surface area contributed by atoms with Crippen LogP contribution in [0.25, 0.3) is 0 Å². The number of benzene rings is 1. The molecule has 0 amide bonds. The van der Waals surface area contributed by atoms with Gasteiger partial charge in [-0.15, -0.1) is 0 Å². The summed E-state index contributed by atoms with van der Waals surface area (Å²) in [5.74, 6) is 0.388. The highest BCUT2D eigenvalue weighted by Crippen LogP contribution is 2.41. The van der Waals surface area contributed by atoms with E-state index in [1.54, 1.807) is 13.2 Å². The normalized spacial score (nSPS) is 21.8. The van der Waals surface area contributed by atoms with Crippen molar-refractivity contribution in [2.75, 3.05) is 7.11 Å². The van der Waals surface area contributed by atoms with E-state index >= 15 is 0 Å². The molecule has 1 aromatic rings. The minimum absolute atomic E-state index is 0.0682. The van der Waals surface area contributed by atoms with Crippen molar-refractivity contribution < 1.29 is 14.0 Å². The van der Waals surface area contributed by atoms with Gasteiger partial charge in [0.2, 0.25) is 0 Å². The number of halogens is 2. The van der Waals surface area contributed by atoms with Crippen LogP contribution in [0.4, 0.5) is 4.39 Å². The standard InChI is InChI=1S/C12H15BrFNO2/c1-12(2)6-10(15-16-3)7-4-9(14)8(13)5-11(7)17-12/h4-5,10,15H,6H2,1-3H3. The molecule has 2 rings (SSSR count). The monoisotopic (exact) mass is 303 g/mol. The lowest BCUT2D eigenvalue weighted by molar-refractivity contribution is 0.00274. The van der Waals surface area contributed by atoms with Gasteiger partial charge in [0.1, 0.15) is 17.2 Å². The minimum Gasteiger partial charge on any atom is -0.487 e. The number of ether oxygens (including phenoxy) is 1. The molecule has 1 aromatic carbocycles. The molecule has 1 aliphatic rings. The lowest BCUT2D eigenvalue weighted by Crippen LogP contribution is -2.39. The fraction of sp³-hybridized carbons (Fsp3) is 0.500. The zero-order chi connectivity index (χ0) is 12.6. The van der Waals surface area contributed by atoms with Crippen LogP contribution >= 0.6 is 15.9 Å². The first kappa shape index (κ1) is 12.8. The smallest absolute Gasteiger partial charge is 0.137 e. The van der Waals surface area contributed by atoms with Crippen molar-refractivity contribution in [3.05, 3.63) is 28.0 Å². The zero-order valence-corrected chi connectivity index (χ0v) is 11.6. The summed E-state index contributed by atoms with van der Waals surface area (Å²) in [6, 6.07) is 3.07. The molecule has 0 aromatic heterocycles. The molecule has 17 heavy (non-hydrogen) atoms. The summed E-state index contributed by atoms with van der Waals surface area (Å²) in [6.07, 6.45) is 0.717. The molecule has 0 spiro atoms. The van der Waals surface area contributed by atoms with Crippen LogP contribution in [-0.2, 0) is 4.84 Å². The lowest BCUT2D eigenvalue weighted by Gasteiger charge is -2.37. The second-order valence-electron chi connectivity index (χ2n) is 4.74. The molecule has 3 nitrogen and oxygen atoms in total. The SMILES string of the molecule is CONC1CC(C)(C)Oc2cc(Br)c(F)cc21. The predicted molar refractivity (Wildman–Crippen MR) is 66.3 cm³/mol. The molecule has 0 radical (unpaired) electrons. The average Bonchev–Trinajstić information content (AvgIpc) is 2.20. The third-order valence-electron chi connectivity index (χ3n) is 2.77. The van der Waals surface area contributed by atoms with Gasteiger partial charge in [0.25, 0.3) is 0 Å². The number of fused-ring (bicyclic) bond motifs is 1. The molecule has 0 saturated carbocycles. The summed E-state index contributed by atoms with van der Waals surface area (Å²) >= 11 is 3.16. The summed E-state index contributed by atoms with van der Waals surface area (Å²) < 4.78 is 19.8. The van der Waals surface area contributed by atoms with Gasteiger partial charge in [-0.05, 0) is 41.9 Å². The summed E-state index contributed by atoms with van der Waals surface area (Å²) in [5, 5.41) is 0. The maximum absolute atomic E-state index is 13.5. The number of hydroxylamine groups is 1. The third-order valence-corrected chi connectivity index (χ3v) is 3.38. The molecule has 1 heterocycles. The lowest BCUT2D eigenvalue weighted by atomic mass is 9.90. The number of hydrogen-bond acceptors (Lipinski definition) is 3. The molecule has 0 aliphatic carbocycles. The van der Waals surface area contributed by atoms with E-state index in [4.69, 9.17) is 9.57 Å². The Morgan fingerprint density at radius 2 is 2.24 bits per heavy atom. The Morgan fingerprint density at radius 1 is 1.53 bits per heavy atom. The summed E-state index contributed by atoms with van der Waals surface area (Å²) in [7, 11) is 1.55. The van der Waals surface area contributed by atoms with Gasteiger partial charge in [0, 0.05) is 12.0 Å². The topological polar surface area (TPSA) is 30.5 Å². The van der Waals surface area contributed by atoms with E-state index in [1.165, 1.54) is 6.07 Å². The summed E-state index contributed by atoms with van der Waals surface area (Å²) in [5.41, 5.74) is 3.36. The van der Waals surface area contributed by atoms with Crippen LogP contribution < -0.4 is 10.2 Å². The molecule has 1 N–H and O–H groups in total. The van der Waals surface area contributed by atoms with Gasteiger partial charge in [0.05, 0.1) is 17.6 Å². The Kier molecular flexibility index (Phi) is 3.43. The van der Waals surface area contributed by atoms with Crippen LogP contribution in [-0.4, -0.2) is 12.7 Å². The van der Waals surface area contributed by atoms with Crippen LogP contribution in [0.1, 0.15) is 31.9 Å². The summed E-state index contributed by atoms with van der Waals surface area (Å²) in [4.78, 5) is 4.96. The van der Waals surface area contributed by atoms with Crippen LogP contribution in [0.5, 0.6) is 5.75 Å². The minimum atomic E-state index is -0.305. The molecule has 1 aliphatic heterocycles. The highest BCUT2D eigenvalue weighted by Gasteiger charge is 2.34. The van der Waals surface area contributed by atoms with Gasteiger partial charge < -0.3 is 9.57 Å². The van der Waals surface area contributed by atoms with Crippen molar-refractivity contribution in [3.63, 3.8) is 0 Å². The Labute approximate surface area is 108 Å². The number of hydrogen-bond donors (Lipinski definition) is 1. The molecular formula is C12H15BrFNO2. The maximum Gasteiger partial charge on any atom is 0.137 e. The van der Waals surface area contributed by atoms with E-state index in [9.17, 15) is 4.39 Å². The van der Waals surface area contributed by atoms with Crippen molar-refractivity contribution in [2.45, 2.75) is 31.9 Å². The molecular weight excluding hydrogens is 289 g/mol. The van der Waals surface area contributed by atoms with Crippen LogP contribution in [0.15, 0.2) is 16.6 Å².